The molecule has 0 heterocycles. The lowest BCUT2D eigenvalue weighted by molar-refractivity contribution is 0.103. The van der Waals surface area contributed by atoms with Crippen molar-refractivity contribution in [2.75, 3.05) is 0 Å². The fourth-order valence-corrected chi connectivity index (χ4v) is 8.58. The zero-order chi connectivity index (χ0) is 15.6. The molecule has 1 nitrogen and oxygen atoms in total. The normalized spacial score (nSPS) is 23.4. The van der Waals surface area contributed by atoms with Crippen LogP contribution in [0.2, 0.25) is 18.1 Å². The minimum atomic E-state index is -1.59. The lowest BCUT2D eigenvalue weighted by Gasteiger charge is -2.38. The van der Waals surface area contributed by atoms with Crippen LogP contribution < -0.4 is 0 Å². The molecule has 0 aliphatic heterocycles. The first-order valence-electron chi connectivity index (χ1n) is 9.47. The van der Waals surface area contributed by atoms with Crippen molar-refractivity contribution in [3.63, 3.8) is 0 Å². The van der Waals surface area contributed by atoms with Gasteiger partial charge in [-0.2, -0.15) is 0 Å². The van der Waals surface area contributed by atoms with Crippen LogP contribution in [0.25, 0.3) is 0 Å². The van der Waals surface area contributed by atoms with Crippen LogP contribution >= 0.6 is 0 Å². The van der Waals surface area contributed by atoms with Crippen molar-refractivity contribution in [1.29, 1.82) is 0 Å². The predicted octanol–water partition coefficient (Wildman–Crippen LogP) is 6.63. The molecule has 1 fully saturated rings. The fraction of sp³-hybridized carbons (Fsp3) is 1.00. The largest absolute Gasteiger partial charge is 0.414 e. The summed E-state index contributed by atoms with van der Waals surface area (Å²) in [7, 11) is -1.59. The Kier molecular flexibility index (Phi) is 9.82. The number of hydrogen-bond acceptors (Lipinski definition) is 1. The Bertz CT molecular complexity index is 230. The lowest BCUT2D eigenvalue weighted by atomic mass is 9.96. The van der Waals surface area contributed by atoms with Crippen LogP contribution in [0.5, 0.6) is 0 Å². The summed E-state index contributed by atoms with van der Waals surface area (Å²) in [6, 6.07) is 4.00. The number of rotatable bonds is 11. The van der Waals surface area contributed by atoms with Crippen LogP contribution in [-0.4, -0.2) is 20.6 Å². The molecule has 1 aliphatic rings. The highest BCUT2D eigenvalue weighted by Crippen LogP contribution is 2.34. The SMILES string of the molecule is CCCC[Si](CCCC)(CCCC)OC1CCC(F)CC1. The molecule has 1 saturated carbocycles. The van der Waals surface area contributed by atoms with E-state index < -0.39 is 14.5 Å². The maximum atomic E-state index is 13.4. The number of unbranched alkanes of at least 4 members (excludes halogenated alkanes) is 3. The van der Waals surface area contributed by atoms with Crippen molar-refractivity contribution >= 4 is 8.32 Å². The van der Waals surface area contributed by atoms with Crippen molar-refractivity contribution in [1.82, 2.24) is 0 Å². The van der Waals surface area contributed by atoms with Crippen LogP contribution in [0.4, 0.5) is 4.39 Å². The van der Waals surface area contributed by atoms with Crippen molar-refractivity contribution in [2.45, 2.75) is 115 Å². The Balaban J connectivity index is 2.65. The van der Waals surface area contributed by atoms with E-state index in [4.69, 9.17) is 4.43 Å². The molecule has 0 bridgehead atoms. The highest BCUT2D eigenvalue weighted by molar-refractivity contribution is 6.73. The quantitative estimate of drug-likeness (QED) is 0.389. The second-order valence-corrected chi connectivity index (χ2v) is 11.1. The lowest BCUT2D eigenvalue weighted by Crippen LogP contribution is -2.43. The minimum absolute atomic E-state index is 0.370. The van der Waals surface area contributed by atoms with Crippen LogP contribution in [-0.2, 0) is 4.43 Å². The highest BCUT2D eigenvalue weighted by Gasteiger charge is 2.36. The average Bonchev–Trinajstić information content (AvgIpc) is 2.51. The van der Waals surface area contributed by atoms with E-state index in [-0.39, 0.29) is 0 Å². The van der Waals surface area contributed by atoms with Gasteiger partial charge in [0.1, 0.15) is 6.17 Å². The molecule has 0 unspecified atom stereocenters. The van der Waals surface area contributed by atoms with Crippen LogP contribution in [0.3, 0.4) is 0 Å². The molecule has 1 aliphatic carbocycles. The summed E-state index contributed by atoms with van der Waals surface area (Å²) in [5.41, 5.74) is 0. The summed E-state index contributed by atoms with van der Waals surface area (Å²) in [5.74, 6) is 0. The molecule has 0 aromatic carbocycles. The van der Waals surface area contributed by atoms with Gasteiger partial charge in [-0.1, -0.05) is 59.3 Å². The smallest absolute Gasteiger partial charge is 0.193 e. The molecule has 1 rings (SSSR count). The van der Waals surface area contributed by atoms with Crippen LogP contribution in [0, 0.1) is 0 Å². The first kappa shape index (κ1) is 19.2. The van der Waals surface area contributed by atoms with Gasteiger partial charge in [0.25, 0.3) is 0 Å². The monoisotopic (exact) mass is 316 g/mol. The molecule has 126 valence electrons. The Hall–Kier alpha value is 0.107. The number of alkyl halides is 1. The number of halogens is 1. The Morgan fingerprint density at radius 2 is 1.24 bits per heavy atom. The summed E-state index contributed by atoms with van der Waals surface area (Å²) in [5, 5.41) is 0. The molecule has 0 saturated heterocycles. The average molecular weight is 317 g/mol. The standard InChI is InChI=1S/C18H37FOSi/c1-4-7-14-21(15-8-5-2,16-9-6-3)20-18-12-10-17(19)11-13-18/h17-18H,4-16H2,1-3H3. The summed E-state index contributed by atoms with van der Waals surface area (Å²) in [4.78, 5) is 0. The van der Waals surface area contributed by atoms with Gasteiger partial charge < -0.3 is 4.43 Å². The third kappa shape index (κ3) is 7.27. The summed E-state index contributed by atoms with van der Waals surface area (Å²) >= 11 is 0. The highest BCUT2D eigenvalue weighted by atomic mass is 28.4. The molecule has 0 aromatic rings. The van der Waals surface area contributed by atoms with Gasteiger partial charge in [0.15, 0.2) is 8.32 Å². The van der Waals surface area contributed by atoms with E-state index >= 15 is 0 Å². The Morgan fingerprint density at radius 1 is 0.810 bits per heavy atom. The van der Waals surface area contributed by atoms with E-state index in [9.17, 15) is 4.39 Å². The van der Waals surface area contributed by atoms with E-state index in [1.54, 1.807) is 0 Å². The zero-order valence-electron chi connectivity index (χ0n) is 14.6. The van der Waals surface area contributed by atoms with Gasteiger partial charge >= 0.3 is 0 Å². The predicted molar refractivity (Wildman–Crippen MR) is 93.1 cm³/mol. The Morgan fingerprint density at radius 3 is 1.62 bits per heavy atom. The van der Waals surface area contributed by atoms with Crippen LogP contribution in [0.1, 0.15) is 85.0 Å². The molecule has 3 heteroatoms. The second-order valence-electron chi connectivity index (χ2n) is 6.99. The zero-order valence-corrected chi connectivity index (χ0v) is 15.6. The third-order valence-electron chi connectivity index (χ3n) is 4.98. The van der Waals surface area contributed by atoms with Gasteiger partial charge in [-0.05, 0) is 43.8 Å². The molecule has 0 atom stereocenters. The summed E-state index contributed by atoms with van der Waals surface area (Å²) in [6.07, 6.45) is 10.9. The van der Waals surface area contributed by atoms with Crippen molar-refractivity contribution in [3.8, 4) is 0 Å². The van der Waals surface area contributed by atoms with Crippen molar-refractivity contribution in [3.05, 3.63) is 0 Å². The maximum Gasteiger partial charge on any atom is 0.193 e. The first-order chi connectivity index (χ1) is 10.2. The molecule has 0 radical (unpaired) electrons. The third-order valence-corrected chi connectivity index (χ3v) is 9.61. The minimum Gasteiger partial charge on any atom is -0.414 e. The summed E-state index contributed by atoms with van der Waals surface area (Å²) in [6.45, 7) is 6.85. The summed E-state index contributed by atoms with van der Waals surface area (Å²) < 4.78 is 20.2. The molecule has 0 N–H and O–H groups in total. The van der Waals surface area contributed by atoms with E-state index in [0.717, 1.165) is 25.7 Å². The maximum absolute atomic E-state index is 13.4. The Labute approximate surface area is 133 Å². The molecular weight excluding hydrogens is 279 g/mol. The van der Waals surface area contributed by atoms with Gasteiger partial charge in [0.05, 0.1) is 0 Å². The number of hydrogen-bond donors (Lipinski definition) is 0. The molecule has 0 spiro atoms. The molecule has 21 heavy (non-hydrogen) atoms. The fourth-order valence-electron chi connectivity index (χ4n) is 3.54. The van der Waals surface area contributed by atoms with Crippen molar-refractivity contribution < 1.29 is 8.82 Å². The van der Waals surface area contributed by atoms with Gasteiger partial charge in [0.2, 0.25) is 0 Å². The van der Waals surface area contributed by atoms with Gasteiger partial charge in [0, 0.05) is 6.10 Å². The van der Waals surface area contributed by atoms with Gasteiger partial charge in [-0.3, -0.25) is 0 Å². The second kappa shape index (κ2) is 10.8. The molecule has 0 aromatic heterocycles. The topological polar surface area (TPSA) is 9.23 Å². The van der Waals surface area contributed by atoms with E-state index in [1.807, 2.05) is 0 Å². The molecular formula is C18H37FOSi. The van der Waals surface area contributed by atoms with E-state index in [2.05, 4.69) is 20.8 Å². The molecule has 0 amide bonds. The van der Waals surface area contributed by atoms with Gasteiger partial charge in [-0.25, -0.2) is 4.39 Å². The van der Waals surface area contributed by atoms with E-state index in [0.29, 0.717) is 6.10 Å². The first-order valence-corrected chi connectivity index (χ1v) is 12.0. The van der Waals surface area contributed by atoms with E-state index in [1.165, 1.54) is 56.7 Å². The van der Waals surface area contributed by atoms with Gasteiger partial charge in [-0.15, -0.1) is 0 Å². The van der Waals surface area contributed by atoms with Crippen LogP contribution in [0.15, 0.2) is 0 Å². The van der Waals surface area contributed by atoms with Crippen molar-refractivity contribution in [2.24, 2.45) is 0 Å².